The van der Waals surface area contributed by atoms with Crippen molar-refractivity contribution in [3.8, 4) is 0 Å². The van der Waals surface area contributed by atoms with Gasteiger partial charge in [-0.15, -0.1) is 0 Å². The van der Waals surface area contributed by atoms with E-state index in [9.17, 15) is 33.8 Å². The quantitative estimate of drug-likeness (QED) is 0.0166. The first kappa shape index (κ1) is 61.0. The molecule has 0 bridgehead atoms. The Balaban J connectivity index is 4.56. The highest BCUT2D eigenvalue weighted by Crippen LogP contribution is 2.43. The minimum absolute atomic E-state index is 0.103. The molecule has 0 aliphatic rings. The van der Waals surface area contributed by atoms with Crippen LogP contribution in [-0.4, -0.2) is 81.6 Å². The number of aliphatic hydroxyl groups is 2. The molecule has 16 heteroatoms. The van der Waals surface area contributed by atoms with E-state index in [-0.39, 0.29) is 18.9 Å². The third kappa shape index (κ3) is 46.4. The molecule has 0 radical (unpaired) electrons. The monoisotopic (exact) mass is 937 g/mol. The smallest absolute Gasteiger partial charge is 0.462 e. The molecular formula is C47H86O14P2. The van der Waals surface area contributed by atoms with Crippen LogP contribution < -0.4 is 0 Å². The second-order valence-corrected chi connectivity index (χ2v) is 19.4. The largest absolute Gasteiger partial charge is 0.472 e. The number of esters is 2. The lowest BCUT2D eigenvalue weighted by atomic mass is 10.0. The molecular weight excluding hydrogens is 850 g/mol. The fourth-order valence-electron chi connectivity index (χ4n) is 6.31. The number of carbonyl (C=O) groups excluding carboxylic acids is 2. The average Bonchev–Trinajstić information content (AvgIpc) is 3.23. The van der Waals surface area contributed by atoms with Gasteiger partial charge in [-0.05, 0) is 50.9 Å². The summed E-state index contributed by atoms with van der Waals surface area (Å²) in [4.78, 5) is 52.8. The van der Waals surface area contributed by atoms with Gasteiger partial charge in [-0.25, -0.2) is 9.13 Å². The summed E-state index contributed by atoms with van der Waals surface area (Å²) in [6.07, 6.45) is 38.7. The van der Waals surface area contributed by atoms with Gasteiger partial charge in [-0.2, -0.15) is 0 Å². The topological polar surface area (TPSA) is 216 Å². The average molecular weight is 937 g/mol. The number of ether oxygens (including phenoxy) is 2. The van der Waals surface area contributed by atoms with Crippen LogP contribution in [0.4, 0.5) is 0 Å². The van der Waals surface area contributed by atoms with Crippen molar-refractivity contribution in [1.82, 2.24) is 0 Å². The summed E-state index contributed by atoms with van der Waals surface area (Å²) in [7, 11) is -9.70. The summed E-state index contributed by atoms with van der Waals surface area (Å²) < 4.78 is 47.8. The van der Waals surface area contributed by atoms with E-state index in [1.165, 1.54) is 77.0 Å². The number of aliphatic hydroxyl groups excluding tert-OH is 2. The molecule has 4 atom stereocenters. The second kappa shape index (κ2) is 41.5. The highest BCUT2D eigenvalue weighted by molar-refractivity contribution is 7.47. The van der Waals surface area contributed by atoms with E-state index in [2.05, 4.69) is 54.1 Å². The van der Waals surface area contributed by atoms with Gasteiger partial charge in [0.05, 0.1) is 25.9 Å². The van der Waals surface area contributed by atoms with Crippen LogP contribution in [0.25, 0.3) is 0 Å². The summed E-state index contributed by atoms with van der Waals surface area (Å²) >= 11 is 0. The van der Waals surface area contributed by atoms with E-state index in [0.717, 1.165) is 63.7 Å². The molecule has 0 fully saturated rings. The van der Waals surface area contributed by atoms with E-state index in [0.29, 0.717) is 19.3 Å². The van der Waals surface area contributed by atoms with E-state index < -0.39 is 66.2 Å². The Morgan fingerprint density at radius 2 is 1.02 bits per heavy atom. The van der Waals surface area contributed by atoms with Crippen LogP contribution in [0.5, 0.6) is 0 Å². The molecule has 14 nitrogen and oxygen atoms in total. The van der Waals surface area contributed by atoms with Gasteiger partial charge >= 0.3 is 27.6 Å². The highest BCUT2D eigenvalue weighted by atomic mass is 31.2. The maximum absolute atomic E-state index is 12.7. The third-order valence-electron chi connectivity index (χ3n) is 9.96. The van der Waals surface area contributed by atoms with Crippen LogP contribution in [0.15, 0.2) is 48.6 Å². The maximum Gasteiger partial charge on any atom is 0.472 e. The van der Waals surface area contributed by atoms with Gasteiger partial charge in [-0.1, -0.05) is 179 Å². The first-order valence-corrected chi connectivity index (χ1v) is 26.8. The lowest BCUT2D eigenvalue weighted by Gasteiger charge is -2.20. The number of carbonyl (C=O) groups is 2. The van der Waals surface area contributed by atoms with Crippen molar-refractivity contribution in [3.63, 3.8) is 0 Å². The Morgan fingerprint density at radius 3 is 1.56 bits per heavy atom. The Kier molecular flexibility index (Phi) is 40.2. The van der Waals surface area contributed by atoms with Gasteiger partial charge in [0.2, 0.25) is 0 Å². The molecule has 0 heterocycles. The van der Waals surface area contributed by atoms with E-state index in [1.807, 2.05) is 24.3 Å². The minimum Gasteiger partial charge on any atom is -0.462 e. The zero-order chi connectivity index (χ0) is 46.9. The minimum atomic E-state index is -4.87. The second-order valence-electron chi connectivity index (χ2n) is 16.7. The van der Waals surface area contributed by atoms with Crippen LogP contribution in [-0.2, 0) is 41.8 Å². The number of phosphoric ester groups is 2. The molecule has 0 rings (SSSR count). The van der Waals surface area contributed by atoms with Crippen LogP contribution in [0, 0.1) is 5.92 Å². The fourth-order valence-corrected chi connectivity index (χ4v) is 7.47. The predicted molar refractivity (Wildman–Crippen MR) is 250 cm³/mol. The van der Waals surface area contributed by atoms with Gasteiger partial charge in [-0.3, -0.25) is 23.2 Å². The molecule has 0 aromatic heterocycles. The number of allylic oxidation sites excluding steroid dienone is 7. The molecule has 1 unspecified atom stereocenters. The summed E-state index contributed by atoms with van der Waals surface area (Å²) in [5.41, 5.74) is 0. The summed E-state index contributed by atoms with van der Waals surface area (Å²) in [5, 5.41) is 19.6. The Morgan fingerprint density at radius 1 is 0.540 bits per heavy atom. The number of phosphoric acid groups is 2. The maximum atomic E-state index is 12.7. The number of hydrogen-bond acceptors (Lipinski definition) is 11. The molecule has 0 saturated carbocycles. The van der Waals surface area contributed by atoms with E-state index in [4.69, 9.17) is 23.8 Å². The van der Waals surface area contributed by atoms with Crippen LogP contribution in [0.3, 0.4) is 0 Å². The molecule has 0 amide bonds. The van der Waals surface area contributed by atoms with Crippen LogP contribution in [0.1, 0.15) is 188 Å². The van der Waals surface area contributed by atoms with Crippen LogP contribution in [0.2, 0.25) is 0 Å². The Bertz CT molecular complexity index is 1330. The predicted octanol–water partition coefficient (Wildman–Crippen LogP) is 11.4. The zero-order valence-electron chi connectivity index (χ0n) is 38.9. The SMILES string of the molecule is CCCC[C@H](O)/C=C\C/C=C\C/C=C\C/C=C\CCCC(=O)OC[C@H](COP(=O)(O)OC[C@@H](O)COP(=O)(O)O)OC(=O)CCCCCCCCCCCCCCCCCC(C)C. The van der Waals surface area contributed by atoms with Crippen molar-refractivity contribution < 1.29 is 66.7 Å². The van der Waals surface area contributed by atoms with Crippen LogP contribution >= 0.6 is 15.6 Å². The van der Waals surface area contributed by atoms with Crippen molar-refractivity contribution in [2.24, 2.45) is 5.92 Å². The lowest BCUT2D eigenvalue weighted by Crippen LogP contribution is -2.30. The molecule has 368 valence electrons. The lowest BCUT2D eigenvalue weighted by molar-refractivity contribution is -0.161. The van der Waals surface area contributed by atoms with Gasteiger partial charge in [0.1, 0.15) is 12.7 Å². The van der Waals surface area contributed by atoms with Gasteiger partial charge in [0, 0.05) is 12.8 Å². The molecule has 0 saturated heterocycles. The first-order chi connectivity index (χ1) is 30.1. The van der Waals surface area contributed by atoms with Gasteiger partial charge in [0.15, 0.2) is 6.10 Å². The van der Waals surface area contributed by atoms with E-state index >= 15 is 0 Å². The number of rotatable bonds is 44. The van der Waals surface area contributed by atoms with Crippen molar-refractivity contribution in [1.29, 1.82) is 0 Å². The summed E-state index contributed by atoms with van der Waals surface area (Å²) in [5.74, 6) is -0.305. The summed E-state index contributed by atoms with van der Waals surface area (Å²) in [6, 6.07) is 0. The molecule has 0 aliphatic carbocycles. The Labute approximate surface area is 380 Å². The van der Waals surface area contributed by atoms with Gasteiger partial charge < -0.3 is 34.4 Å². The standard InChI is InChI=1S/C47H86O14P2/c1-4-5-34-43(48)35-30-26-22-18-14-11-12-15-19-23-27-31-36-46(50)57-40-45(41-60-63(55,56)59-39-44(49)38-58-62(52,53)54)61-47(51)37-32-28-24-20-16-10-8-6-7-9-13-17-21-25-29-33-42(2)3/h11-12,18-19,22-23,30,35,42-45,48-49H,4-10,13-17,20-21,24-29,31-34,36-41H2,1-3H3,(H,55,56)(H2,52,53,54)/b12-11-,22-18-,23-19-,35-30-/t43-,44-,45+/m0/s1. The first-order valence-electron chi connectivity index (χ1n) is 23.8. The normalized spacial score (nSPS) is 14.9. The summed E-state index contributed by atoms with van der Waals surface area (Å²) in [6.45, 7) is 3.89. The number of unbranched alkanes of at least 4 members (excludes halogenated alkanes) is 16. The molecule has 0 aromatic rings. The Hall–Kier alpha value is -1.96. The molecule has 0 aromatic carbocycles. The van der Waals surface area contributed by atoms with Crippen molar-refractivity contribution >= 4 is 27.6 Å². The molecule has 0 aliphatic heterocycles. The van der Waals surface area contributed by atoms with Gasteiger partial charge in [0.25, 0.3) is 0 Å². The molecule has 5 N–H and O–H groups in total. The van der Waals surface area contributed by atoms with Crippen molar-refractivity contribution in [3.05, 3.63) is 48.6 Å². The van der Waals surface area contributed by atoms with E-state index in [1.54, 1.807) is 0 Å². The fraction of sp³-hybridized carbons (Fsp3) is 0.787. The highest BCUT2D eigenvalue weighted by Gasteiger charge is 2.28. The third-order valence-corrected chi connectivity index (χ3v) is 11.4. The van der Waals surface area contributed by atoms with Crippen molar-refractivity contribution in [2.75, 3.05) is 26.4 Å². The van der Waals surface area contributed by atoms with Crippen molar-refractivity contribution in [2.45, 2.75) is 206 Å². The number of hydrogen-bond donors (Lipinski definition) is 5. The molecule has 0 spiro atoms. The zero-order valence-corrected chi connectivity index (χ0v) is 40.7. The molecule has 63 heavy (non-hydrogen) atoms.